The number of amides is 2. The molecule has 0 unspecified atom stereocenters. The molecule has 192 valence electrons. The third-order valence-electron chi connectivity index (χ3n) is 6.80. The Morgan fingerprint density at radius 3 is 2.58 bits per heavy atom. The van der Waals surface area contributed by atoms with Crippen LogP contribution < -0.4 is 5.32 Å². The van der Waals surface area contributed by atoms with Gasteiger partial charge < -0.3 is 29.7 Å². The molecule has 10 heteroatoms. The van der Waals surface area contributed by atoms with E-state index in [-0.39, 0.29) is 24.7 Å². The SMILES string of the molecule is COC(CN(C(=O)Nc1ccc2c(cnn2C(=O)O)c1)[C@@H](c1ccccc1)[C@H]1CCCCN1C)OC. The molecule has 1 aliphatic rings. The fourth-order valence-corrected chi connectivity index (χ4v) is 4.95. The molecule has 0 spiro atoms. The van der Waals surface area contributed by atoms with Crippen molar-refractivity contribution in [3.63, 3.8) is 0 Å². The lowest BCUT2D eigenvalue weighted by Crippen LogP contribution is -2.52. The second-order valence-corrected chi connectivity index (χ2v) is 9.00. The molecule has 0 radical (unpaired) electrons. The van der Waals surface area contributed by atoms with Crippen molar-refractivity contribution in [3.8, 4) is 0 Å². The van der Waals surface area contributed by atoms with Crippen LogP contribution in [0.25, 0.3) is 10.9 Å². The number of methoxy groups -OCH3 is 2. The molecule has 2 atom stereocenters. The van der Waals surface area contributed by atoms with Gasteiger partial charge >= 0.3 is 12.1 Å². The van der Waals surface area contributed by atoms with Gasteiger partial charge in [-0.1, -0.05) is 36.8 Å². The summed E-state index contributed by atoms with van der Waals surface area (Å²) in [7, 11) is 5.22. The third kappa shape index (κ3) is 5.51. The molecule has 0 bridgehead atoms. The molecule has 2 aromatic carbocycles. The smallest absolute Gasteiger partial charge is 0.432 e. The van der Waals surface area contributed by atoms with Crippen LogP contribution in [0.4, 0.5) is 15.3 Å². The fourth-order valence-electron chi connectivity index (χ4n) is 4.95. The number of benzene rings is 2. The fraction of sp³-hybridized carbons (Fsp3) is 0.423. The Balaban J connectivity index is 1.69. The third-order valence-corrected chi connectivity index (χ3v) is 6.80. The van der Waals surface area contributed by atoms with Gasteiger partial charge in [0.05, 0.1) is 24.3 Å². The summed E-state index contributed by atoms with van der Waals surface area (Å²) in [5.41, 5.74) is 2.02. The van der Waals surface area contributed by atoms with Crippen molar-refractivity contribution in [2.45, 2.75) is 37.6 Å². The maximum Gasteiger partial charge on any atom is 0.432 e. The monoisotopic (exact) mass is 495 g/mol. The van der Waals surface area contributed by atoms with Gasteiger partial charge in [-0.25, -0.2) is 9.59 Å². The number of carboxylic acid groups (broad SMARTS) is 1. The molecule has 0 saturated carbocycles. The lowest BCUT2D eigenvalue weighted by molar-refractivity contribution is -0.117. The summed E-state index contributed by atoms with van der Waals surface area (Å²) in [5, 5.41) is 16.8. The van der Waals surface area contributed by atoms with Gasteiger partial charge in [-0.15, -0.1) is 0 Å². The van der Waals surface area contributed by atoms with E-state index in [1.54, 1.807) is 37.3 Å². The number of anilines is 1. The highest BCUT2D eigenvalue weighted by molar-refractivity contribution is 5.94. The minimum Gasteiger partial charge on any atom is -0.463 e. The number of ether oxygens (including phenoxy) is 2. The van der Waals surface area contributed by atoms with Crippen LogP contribution in [-0.2, 0) is 9.47 Å². The highest BCUT2D eigenvalue weighted by Gasteiger charge is 2.37. The van der Waals surface area contributed by atoms with Gasteiger partial charge in [0.2, 0.25) is 0 Å². The van der Waals surface area contributed by atoms with E-state index in [9.17, 15) is 14.7 Å². The molecule has 4 rings (SSSR count). The lowest BCUT2D eigenvalue weighted by atomic mass is 9.90. The number of hydrogen-bond acceptors (Lipinski definition) is 6. The molecule has 1 aliphatic heterocycles. The molecule has 10 nitrogen and oxygen atoms in total. The van der Waals surface area contributed by atoms with Crippen molar-refractivity contribution in [1.82, 2.24) is 19.6 Å². The lowest BCUT2D eigenvalue weighted by Gasteiger charge is -2.44. The molecule has 1 saturated heterocycles. The molecule has 1 fully saturated rings. The van der Waals surface area contributed by atoms with Crippen molar-refractivity contribution in [2.75, 3.05) is 39.7 Å². The summed E-state index contributed by atoms with van der Waals surface area (Å²) in [6, 6.07) is 14.6. The number of rotatable bonds is 8. The minimum absolute atomic E-state index is 0.123. The molecule has 2 amide bonds. The Hall–Kier alpha value is -3.47. The Kier molecular flexibility index (Phi) is 8.19. The maximum atomic E-state index is 13.9. The van der Waals surface area contributed by atoms with E-state index in [0.717, 1.165) is 36.1 Å². The van der Waals surface area contributed by atoms with Crippen LogP contribution in [0.15, 0.2) is 54.7 Å². The summed E-state index contributed by atoms with van der Waals surface area (Å²) in [4.78, 5) is 29.3. The Bertz CT molecular complexity index is 1180. The summed E-state index contributed by atoms with van der Waals surface area (Å²) in [6.45, 7) is 1.19. The number of likely N-dealkylation sites (tertiary alicyclic amines) is 1. The first-order chi connectivity index (χ1) is 17.4. The van der Waals surface area contributed by atoms with Crippen LogP contribution in [0.2, 0.25) is 0 Å². The topological polar surface area (TPSA) is 109 Å². The van der Waals surface area contributed by atoms with E-state index < -0.39 is 12.4 Å². The number of piperidine rings is 1. The van der Waals surface area contributed by atoms with Crippen molar-refractivity contribution in [2.24, 2.45) is 0 Å². The number of fused-ring (bicyclic) bond motifs is 1. The van der Waals surface area contributed by atoms with Crippen LogP contribution in [0.1, 0.15) is 30.9 Å². The number of carbonyl (C=O) groups is 2. The summed E-state index contributed by atoms with van der Waals surface area (Å²) in [5.74, 6) is 0. The molecule has 3 aromatic rings. The predicted molar refractivity (Wildman–Crippen MR) is 136 cm³/mol. The number of hydrogen-bond donors (Lipinski definition) is 2. The van der Waals surface area contributed by atoms with Gasteiger partial charge in [-0.2, -0.15) is 9.78 Å². The van der Waals surface area contributed by atoms with Gasteiger partial charge in [-0.05, 0) is 50.2 Å². The molecule has 2 heterocycles. The van der Waals surface area contributed by atoms with E-state index in [2.05, 4.69) is 22.4 Å². The van der Waals surface area contributed by atoms with Crippen LogP contribution in [0, 0.1) is 0 Å². The molecule has 1 aromatic heterocycles. The zero-order valence-electron chi connectivity index (χ0n) is 20.8. The van der Waals surface area contributed by atoms with Gasteiger partial charge in [0, 0.05) is 31.3 Å². The number of nitrogens with one attached hydrogen (secondary N) is 1. The second-order valence-electron chi connectivity index (χ2n) is 9.00. The van der Waals surface area contributed by atoms with E-state index in [1.165, 1.54) is 6.20 Å². The first kappa shape index (κ1) is 25.6. The first-order valence-corrected chi connectivity index (χ1v) is 12.0. The average Bonchev–Trinajstić information content (AvgIpc) is 3.31. The first-order valence-electron chi connectivity index (χ1n) is 12.0. The number of carbonyl (C=O) groups excluding carboxylic acids is 1. The zero-order valence-corrected chi connectivity index (χ0v) is 20.8. The van der Waals surface area contributed by atoms with E-state index in [1.807, 2.05) is 30.3 Å². The highest BCUT2D eigenvalue weighted by atomic mass is 16.7. The van der Waals surface area contributed by atoms with Crippen LogP contribution in [0.5, 0.6) is 0 Å². The number of nitrogens with zero attached hydrogens (tertiary/aromatic N) is 4. The van der Waals surface area contributed by atoms with Gasteiger partial charge in [0.1, 0.15) is 0 Å². The van der Waals surface area contributed by atoms with Crippen LogP contribution >= 0.6 is 0 Å². The zero-order chi connectivity index (χ0) is 25.7. The standard InChI is InChI=1S/C26H33N5O5/c1-29-14-8-7-11-22(29)24(18-9-5-4-6-10-18)30(17-23(35-2)36-3)25(32)28-20-12-13-21-19(15-20)16-27-31(21)26(33)34/h4-6,9-10,12-13,15-16,22-24H,7-8,11,14,17H2,1-3H3,(H,28,32)(H,33,34)/t22-,24+/m1/s1. The summed E-state index contributed by atoms with van der Waals surface area (Å²) in [6.07, 6.45) is 2.88. The number of aromatic nitrogens is 2. The van der Waals surface area contributed by atoms with Crippen molar-refractivity contribution >= 4 is 28.7 Å². The highest BCUT2D eigenvalue weighted by Crippen LogP contribution is 2.34. The summed E-state index contributed by atoms with van der Waals surface area (Å²) >= 11 is 0. The Morgan fingerprint density at radius 2 is 1.92 bits per heavy atom. The van der Waals surface area contributed by atoms with E-state index in [0.29, 0.717) is 16.6 Å². The molecular formula is C26H33N5O5. The van der Waals surface area contributed by atoms with Crippen molar-refractivity contribution in [3.05, 3.63) is 60.3 Å². The second kappa shape index (κ2) is 11.5. The predicted octanol–water partition coefficient (Wildman–Crippen LogP) is 4.24. The van der Waals surface area contributed by atoms with Crippen LogP contribution in [-0.4, -0.2) is 83.5 Å². The number of urea groups is 1. The normalized spacial score (nSPS) is 17.3. The molecule has 0 aliphatic carbocycles. The van der Waals surface area contributed by atoms with E-state index >= 15 is 0 Å². The Morgan fingerprint density at radius 1 is 1.17 bits per heavy atom. The minimum atomic E-state index is -1.17. The van der Waals surface area contributed by atoms with Gasteiger partial charge in [-0.3, -0.25) is 0 Å². The van der Waals surface area contributed by atoms with E-state index in [4.69, 9.17) is 9.47 Å². The maximum absolute atomic E-state index is 13.9. The largest absolute Gasteiger partial charge is 0.463 e. The molecule has 2 N–H and O–H groups in total. The molecular weight excluding hydrogens is 462 g/mol. The average molecular weight is 496 g/mol. The van der Waals surface area contributed by atoms with Crippen molar-refractivity contribution in [1.29, 1.82) is 0 Å². The summed E-state index contributed by atoms with van der Waals surface area (Å²) < 4.78 is 11.9. The Labute approximate surface area is 210 Å². The quantitative estimate of drug-likeness (QED) is 0.450. The molecule has 36 heavy (non-hydrogen) atoms. The van der Waals surface area contributed by atoms with Crippen LogP contribution in [0.3, 0.4) is 0 Å². The van der Waals surface area contributed by atoms with Crippen molar-refractivity contribution < 1.29 is 24.2 Å². The van der Waals surface area contributed by atoms with Gasteiger partial charge in [0.15, 0.2) is 6.29 Å². The number of likely N-dealkylation sites (N-methyl/N-ethyl adjacent to an activating group) is 1. The van der Waals surface area contributed by atoms with Gasteiger partial charge in [0.25, 0.3) is 0 Å².